The summed E-state index contributed by atoms with van der Waals surface area (Å²) in [6.45, 7) is 2.38. The van der Waals surface area contributed by atoms with E-state index in [1.165, 1.54) is 18.7 Å². The largest absolute Gasteiger partial charge is 0.466 e. The van der Waals surface area contributed by atoms with Crippen LogP contribution in [-0.4, -0.2) is 38.2 Å². The molecule has 0 saturated heterocycles. The van der Waals surface area contributed by atoms with Crippen LogP contribution in [0.15, 0.2) is 9.59 Å². The third-order valence-electron chi connectivity index (χ3n) is 3.02. The summed E-state index contributed by atoms with van der Waals surface area (Å²) in [5, 5.41) is 2.89. The van der Waals surface area contributed by atoms with Crippen molar-refractivity contribution in [2.45, 2.75) is 13.3 Å². The third kappa shape index (κ3) is 2.81. The van der Waals surface area contributed by atoms with Crippen LogP contribution in [0.25, 0.3) is 11.2 Å². The summed E-state index contributed by atoms with van der Waals surface area (Å²) in [5.74, 6) is 0.0111. The molecular weight excluding hydrogens is 278 g/mol. The van der Waals surface area contributed by atoms with Crippen LogP contribution in [0, 0.1) is 0 Å². The predicted molar refractivity (Wildman–Crippen MR) is 76.3 cm³/mol. The zero-order valence-corrected chi connectivity index (χ0v) is 12.1. The summed E-state index contributed by atoms with van der Waals surface area (Å²) in [7, 11) is 2.94. The van der Waals surface area contributed by atoms with E-state index >= 15 is 0 Å². The quantitative estimate of drug-likeness (QED) is 0.707. The van der Waals surface area contributed by atoms with E-state index in [0.717, 1.165) is 4.57 Å². The number of H-pyrrole nitrogens is 1. The molecular formula is C12H17N5O4. The number of imidazole rings is 1. The molecule has 2 aromatic heterocycles. The van der Waals surface area contributed by atoms with Gasteiger partial charge < -0.3 is 15.0 Å². The standard InChI is InChI=1S/C12H17N5O4/c1-4-21-7(18)5-6-13-11-14-8-9(15-11)16(2)12(20)17(3)10(8)19/h4-6H2,1-3H3,(H2,13,14,15). The molecule has 0 bridgehead atoms. The number of aromatic nitrogens is 4. The van der Waals surface area contributed by atoms with E-state index in [1.807, 2.05) is 0 Å². The Morgan fingerprint density at radius 2 is 2.05 bits per heavy atom. The van der Waals surface area contributed by atoms with Gasteiger partial charge in [-0.2, -0.15) is 4.98 Å². The Labute approximate surface area is 119 Å². The number of hydrogen-bond acceptors (Lipinski definition) is 6. The van der Waals surface area contributed by atoms with E-state index in [9.17, 15) is 14.4 Å². The highest BCUT2D eigenvalue weighted by Crippen LogP contribution is 2.08. The molecule has 0 aliphatic rings. The second-order valence-electron chi connectivity index (χ2n) is 4.47. The number of ether oxygens (including phenoxy) is 1. The van der Waals surface area contributed by atoms with Gasteiger partial charge in [-0.15, -0.1) is 0 Å². The van der Waals surface area contributed by atoms with Crippen molar-refractivity contribution in [1.82, 2.24) is 19.1 Å². The fourth-order valence-corrected chi connectivity index (χ4v) is 1.93. The SMILES string of the molecule is CCOC(=O)CCNc1nc2c([nH]1)c(=O)n(C)c(=O)n2C. The van der Waals surface area contributed by atoms with Gasteiger partial charge in [-0.05, 0) is 6.92 Å². The molecule has 9 heteroatoms. The molecule has 9 nitrogen and oxygen atoms in total. The van der Waals surface area contributed by atoms with Gasteiger partial charge in [0.1, 0.15) is 0 Å². The van der Waals surface area contributed by atoms with Crippen molar-refractivity contribution in [3.05, 3.63) is 20.8 Å². The maximum atomic E-state index is 12.0. The molecule has 0 amide bonds. The van der Waals surface area contributed by atoms with Crippen LogP contribution in [-0.2, 0) is 23.6 Å². The number of nitrogens with one attached hydrogen (secondary N) is 2. The number of hydrogen-bond donors (Lipinski definition) is 2. The molecule has 0 aromatic carbocycles. The Balaban J connectivity index is 2.22. The predicted octanol–water partition coefficient (Wildman–Crippen LogP) is -0.675. The summed E-state index contributed by atoms with van der Waals surface area (Å²) < 4.78 is 7.08. The summed E-state index contributed by atoms with van der Waals surface area (Å²) in [6, 6.07) is 0. The van der Waals surface area contributed by atoms with Gasteiger partial charge in [-0.1, -0.05) is 0 Å². The van der Waals surface area contributed by atoms with Crippen molar-refractivity contribution in [2.75, 3.05) is 18.5 Å². The number of fused-ring (bicyclic) bond motifs is 1. The number of anilines is 1. The Kier molecular flexibility index (Phi) is 4.10. The first-order valence-electron chi connectivity index (χ1n) is 6.51. The fraction of sp³-hybridized carbons (Fsp3) is 0.500. The highest BCUT2D eigenvalue weighted by atomic mass is 16.5. The van der Waals surface area contributed by atoms with Crippen LogP contribution < -0.4 is 16.6 Å². The average molecular weight is 295 g/mol. The molecule has 0 radical (unpaired) electrons. The first-order valence-corrected chi connectivity index (χ1v) is 6.51. The number of aryl methyl sites for hydroxylation is 1. The van der Waals surface area contributed by atoms with Crippen LogP contribution in [0.1, 0.15) is 13.3 Å². The van der Waals surface area contributed by atoms with Gasteiger partial charge in [-0.25, -0.2) is 4.79 Å². The second-order valence-corrected chi connectivity index (χ2v) is 4.47. The number of aromatic amines is 1. The average Bonchev–Trinajstić information content (AvgIpc) is 2.87. The van der Waals surface area contributed by atoms with Gasteiger partial charge in [0.2, 0.25) is 5.95 Å². The maximum absolute atomic E-state index is 12.0. The number of esters is 1. The summed E-state index contributed by atoms with van der Waals surface area (Å²) >= 11 is 0. The molecule has 0 aliphatic heterocycles. The van der Waals surface area contributed by atoms with Gasteiger partial charge >= 0.3 is 11.7 Å². The first-order chi connectivity index (χ1) is 9.95. The first kappa shape index (κ1) is 14.8. The molecule has 0 fully saturated rings. The molecule has 114 valence electrons. The highest BCUT2D eigenvalue weighted by molar-refractivity contribution is 5.73. The van der Waals surface area contributed by atoms with E-state index in [0.29, 0.717) is 19.1 Å². The number of nitrogens with zero attached hydrogens (tertiary/aromatic N) is 3. The van der Waals surface area contributed by atoms with Crippen LogP contribution in [0.5, 0.6) is 0 Å². The Morgan fingerprint density at radius 3 is 2.71 bits per heavy atom. The van der Waals surface area contributed by atoms with Crippen molar-refractivity contribution in [3.63, 3.8) is 0 Å². The molecule has 21 heavy (non-hydrogen) atoms. The summed E-state index contributed by atoms with van der Waals surface area (Å²) in [6.07, 6.45) is 0.182. The lowest BCUT2D eigenvalue weighted by Crippen LogP contribution is -2.36. The van der Waals surface area contributed by atoms with Gasteiger partial charge in [0.15, 0.2) is 11.2 Å². The van der Waals surface area contributed by atoms with Crippen LogP contribution in [0.4, 0.5) is 5.95 Å². The third-order valence-corrected chi connectivity index (χ3v) is 3.02. The van der Waals surface area contributed by atoms with Crippen molar-refractivity contribution in [2.24, 2.45) is 14.1 Å². The van der Waals surface area contributed by atoms with E-state index in [2.05, 4.69) is 15.3 Å². The van der Waals surface area contributed by atoms with Crippen molar-refractivity contribution < 1.29 is 9.53 Å². The van der Waals surface area contributed by atoms with E-state index in [4.69, 9.17) is 4.74 Å². The van der Waals surface area contributed by atoms with Crippen molar-refractivity contribution in [1.29, 1.82) is 0 Å². The second kappa shape index (κ2) is 5.81. The lowest BCUT2D eigenvalue weighted by molar-refractivity contribution is -0.142. The van der Waals surface area contributed by atoms with Crippen LogP contribution >= 0.6 is 0 Å². The molecule has 0 spiro atoms. The highest BCUT2D eigenvalue weighted by Gasteiger charge is 2.13. The zero-order valence-electron chi connectivity index (χ0n) is 12.1. The van der Waals surface area contributed by atoms with E-state index < -0.39 is 11.2 Å². The minimum absolute atomic E-state index is 0.182. The smallest absolute Gasteiger partial charge is 0.332 e. The molecule has 0 aliphatic carbocycles. The summed E-state index contributed by atoms with van der Waals surface area (Å²) in [4.78, 5) is 41.9. The monoisotopic (exact) mass is 295 g/mol. The van der Waals surface area contributed by atoms with E-state index in [-0.39, 0.29) is 23.6 Å². The Morgan fingerprint density at radius 1 is 1.33 bits per heavy atom. The van der Waals surface area contributed by atoms with E-state index in [1.54, 1.807) is 6.92 Å². The Hall–Kier alpha value is -2.58. The lowest BCUT2D eigenvalue weighted by Gasteiger charge is -2.02. The number of rotatable bonds is 5. The fourth-order valence-electron chi connectivity index (χ4n) is 1.93. The number of carbonyl (C=O) groups is 1. The summed E-state index contributed by atoms with van der Waals surface area (Å²) in [5.41, 5.74) is -0.393. The van der Waals surface area contributed by atoms with Gasteiger partial charge in [-0.3, -0.25) is 18.7 Å². The van der Waals surface area contributed by atoms with Gasteiger partial charge in [0.25, 0.3) is 5.56 Å². The van der Waals surface area contributed by atoms with Crippen molar-refractivity contribution >= 4 is 23.1 Å². The van der Waals surface area contributed by atoms with Gasteiger partial charge in [0, 0.05) is 20.6 Å². The van der Waals surface area contributed by atoms with Crippen LogP contribution in [0.3, 0.4) is 0 Å². The molecule has 2 aromatic rings. The minimum atomic E-state index is -0.447. The molecule has 2 heterocycles. The molecule has 0 saturated carbocycles. The Bertz CT molecular complexity index is 785. The normalized spacial score (nSPS) is 10.8. The topological polar surface area (TPSA) is 111 Å². The molecule has 0 atom stereocenters. The van der Waals surface area contributed by atoms with Gasteiger partial charge in [0.05, 0.1) is 13.0 Å². The maximum Gasteiger partial charge on any atom is 0.332 e. The lowest BCUT2D eigenvalue weighted by atomic mass is 10.4. The minimum Gasteiger partial charge on any atom is -0.466 e. The zero-order chi connectivity index (χ0) is 15.6. The number of carbonyl (C=O) groups excluding carboxylic acids is 1. The molecule has 2 N–H and O–H groups in total. The molecule has 0 unspecified atom stereocenters. The van der Waals surface area contributed by atoms with Crippen LogP contribution in [0.2, 0.25) is 0 Å². The van der Waals surface area contributed by atoms with Crippen molar-refractivity contribution in [3.8, 4) is 0 Å². The molecule has 2 rings (SSSR count).